The molecule has 3 nitrogen and oxygen atoms in total. The van der Waals surface area contributed by atoms with E-state index in [1.54, 1.807) is 6.92 Å². The highest BCUT2D eigenvalue weighted by atomic mass is 16.7. The monoisotopic (exact) mass is 230 g/mol. The summed E-state index contributed by atoms with van der Waals surface area (Å²) in [7, 11) is 0. The van der Waals surface area contributed by atoms with E-state index in [0.29, 0.717) is 12.5 Å². The Labute approximate surface area is 99.5 Å². The zero-order valence-electron chi connectivity index (χ0n) is 11.7. The fraction of sp³-hybridized carbons (Fsp3) is 0.923. The van der Waals surface area contributed by atoms with Gasteiger partial charge in [-0.15, -0.1) is 0 Å². The van der Waals surface area contributed by atoms with E-state index < -0.39 is 11.8 Å². The molecule has 0 aliphatic carbocycles. The fourth-order valence-corrected chi connectivity index (χ4v) is 1.71. The molecular formula is C13H26O3. The van der Waals surface area contributed by atoms with Gasteiger partial charge in [-0.1, -0.05) is 27.7 Å². The molecule has 0 amide bonds. The third-order valence-corrected chi connectivity index (χ3v) is 3.07. The first-order valence-electron chi connectivity index (χ1n) is 5.96. The van der Waals surface area contributed by atoms with Crippen molar-refractivity contribution in [2.75, 3.05) is 6.61 Å². The number of hydrogen-bond acceptors (Lipinski definition) is 3. The van der Waals surface area contributed by atoms with Crippen molar-refractivity contribution in [2.24, 2.45) is 11.3 Å². The summed E-state index contributed by atoms with van der Waals surface area (Å²) >= 11 is 0. The van der Waals surface area contributed by atoms with Crippen LogP contribution in [0.1, 0.15) is 54.9 Å². The van der Waals surface area contributed by atoms with Gasteiger partial charge in [0.2, 0.25) is 0 Å². The number of carbonyl (C=O) groups excluding carboxylic acids is 1. The van der Waals surface area contributed by atoms with Crippen LogP contribution in [-0.2, 0) is 9.47 Å². The molecule has 0 aromatic rings. The molecule has 0 fully saturated rings. The van der Waals surface area contributed by atoms with Crippen LogP contribution in [0.3, 0.4) is 0 Å². The third-order valence-electron chi connectivity index (χ3n) is 3.07. The minimum Gasteiger partial charge on any atom is -0.435 e. The van der Waals surface area contributed by atoms with Crippen molar-refractivity contribution in [2.45, 2.75) is 60.5 Å². The lowest BCUT2D eigenvalue weighted by Gasteiger charge is -2.37. The molecule has 0 unspecified atom stereocenters. The van der Waals surface area contributed by atoms with Crippen molar-refractivity contribution in [3.8, 4) is 0 Å². The average molecular weight is 230 g/mol. The molecule has 0 atom stereocenters. The summed E-state index contributed by atoms with van der Waals surface area (Å²) in [5.41, 5.74) is -0.351. The Bertz CT molecular complexity index is 229. The lowest BCUT2D eigenvalue weighted by Crippen LogP contribution is -2.36. The molecule has 0 aliphatic heterocycles. The van der Waals surface area contributed by atoms with Crippen LogP contribution in [-0.4, -0.2) is 18.4 Å². The summed E-state index contributed by atoms with van der Waals surface area (Å²) < 4.78 is 10.1. The van der Waals surface area contributed by atoms with Crippen molar-refractivity contribution >= 4 is 6.16 Å². The topological polar surface area (TPSA) is 35.5 Å². The van der Waals surface area contributed by atoms with E-state index >= 15 is 0 Å². The van der Waals surface area contributed by atoms with Crippen LogP contribution in [0.15, 0.2) is 0 Å². The van der Waals surface area contributed by atoms with Crippen LogP contribution in [0.4, 0.5) is 4.79 Å². The van der Waals surface area contributed by atoms with Crippen molar-refractivity contribution in [3.05, 3.63) is 0 Å². The SMILES string of the molecule is CCOC(=O)OC(C)(C)CC(C)(C)C(C)C. The first-order chi connectivity index (χ1) is 7.10. The molecule has 0 heterocycles. The molecule has 3 heteroatoms. The van der Waals surface area contributed by atoms with Gasteiger partial charge in [0.05, 0.1) is 6.61 Å². The summed E-state index contributed by atoms with van der Waals surface area (Å²) in [6.45, 7) is 14.7. The highest BCUT2D eigenvalue weighted by molar-refractivity contribution is 5.60. The second-order valence-corrected chi connectivity index (χ2v) is 5.86. The van der Waals surface area contributed by atoms with E-state index in [2.05, 4.69) is 27.7 Å². The Morgan fingerprint density at radius 3 is 2.06 bits per heavy atom. The van der Waals surface area contributed by atoms with Crippen LogP contribution >= 0.6 is 0 Å². The van der Waals surface area contributed by atoms with Crippen molar-refractivity contribution in [1.29, 1.82) is 0 Å². The lowest BCUT2D eigenvalue weighted by atomic mass is 9.74. The van der Waals surface area contributed by atoms with Gasteiger partial charge in [0.15, 0.2) is 0 Å². The maximum absolute atomic E-state index is 11.3. The average Bonchev–Trinajstić information content (AvgIpc) is 1.99. The molecule has 16 heavy (non-hydrogen) atoms. The molecule has 0 bridgehead atoms. The van der Waals surface area contributed by atoms with Gasteiger partial charge in [-0.3, -0.25) is 0 Å². The lowest BCUT2D eigenvalue weighted by molar-refractivity contribution is -0.0410. The van der Waals surface area contributed by atoms with Gasteiger partial charge in [0.1, 0.15) is 5.60 Å². The number of carbonyl (C=O) groups is 1. The summed E-state index contributed by atoms with van der Waals surface area (Å²) in [4.78, 5) is 11.3. The van der Waals surface area contributed by atoms with Crippen LogP contribution in [0.5, 0.6) is 0 Å². The molecular weight excluding hydrogens is 204 g/mol. The fourth-order valence-electron chi connectivity index (χ4n) is 1.71. The standard InChI is InChI=1S/C13H26O3/c1-8-15-11(14)16-13(6,7)9-12(4,5)10(2)3/h10H,8-9H2,1-7H3. The van der Waals surface area contributed by atoms with Gasteiger partial charge in [0.25, 0.3) is 0 Å². The van der Waals surface area contributed by atoms with Crippen LogP contribution in [0, 0.1) is 11.3 Å². The Morgan fingerprint density at radius 1 is 1.19 bits per heavy atom. The van der Waals surface area contributed by atoms with E-state index in [1.807, 2.05) is 13.8 Å². The smallest absolute Gasteiger partial charge is 0.435 e. The first kappa shape index (κ1) is 15.3. The van der Waals surface area contributed by atoms with E-state index in [1.165, 1.54) is 0 Å². The molecule has 0 aromatic carbocycles. The third kappa shape index (κ3) is 5.38. The zero-order chi connectivity index (χ0) is 13.0. The predicted molar refractivity (Wildman–Crippen MR) is 65.4 cm³/mol. The Kier molecular flexibility index (Phi) is 5.30. The highest BCUT2D eigenvalue weighted by Gasteiger charge is 2.34. The summed E-state index contributed by atoms with van der Waals surface area (Å²) in [5, 5.41) is 0. The van der Waals surface area contributed by atoms with E-state index in [-0.39, 0.29) is 5.41 Å². The quantitative estimate of drug-likeness (QED) is 0.669. The molecule has 0 aliphatic rings. The van der Waals surface area contributed by atoms with Gasteiger partial charge in [-0.2, -0.15) is 0 Å². The van der Waals surface area contributed by atoms with Gasteiger partial charge in [-0.05, 0) is 38.5 Å². The van der Waals surface area contributed by atoms with Crippen LogP contribution in [0.25, 0.3) is 0 Å². The molecule has 0 rings (SSSR count). The molecule has 0 radical (unpaired) electrons. The molecule has 0 aromatic heterocycles. The van der Waals surface area contributed by atoms with Gasteiger partial charge < -0.3 is 9.47 Å². The maximum atomic E-state index is 11.3. The van der Waals surface area contributed by atoms with Gasteiger partial charge >= 0.3 is 6.16 Å². The van der Waals surface area contributed by atoms with Gasteiger partial charge in [-0.25, -0.2) is 4.79 Å². The number of hydrogen-bond donors (Lipinski definition) is 0. The largest absolute Gasteiger partial charge is 0.508 e. The summed E-state index contributed by atoms with van der Waals surface area (Å²) in [6.07, 6.45) is 0.239. The molecule has 96 valence electrons. The molecule has 0 spiro atoms. The number of rotatable bonds is 5. The van der Waals surface area contributed by atoms with Crippen molar-refractivity contribution in [3.63, 3.8) is 0 Å². The first-order valence-corrected chi connectivity index (χ1v) is 5.96. The minimum absolute atomic E-state index is 0.135. The Balaban J connectivity index is 4.39. The predicted octanol–water partition coefficient (Wildman–Crippen LogP) is 4.01. The van der Waals surface area contributed by atoms with Crippen molar-refractivity contribution < 1.29 is 14.3 Å². The Morgan fingerprint density at radius 2 is 1.69 bits per heavy atom. The highest BCUT2D eigenvalue weighted by Crippen LogP contribution is 2.36. The zero-order valence-corrected chi connectivity index (χ0v) is 11.7. The molecule has 0 saturated heterocycles. The van der Waals surface area contributed by atoms with E-state index in [4.69, 9.17) is 9.47 Å². The normalized spacial score (nSPS) is 12.8. The van der Waals surface area contributed by atoms with Crippen molar-refractivity contribution in [1.82, 2.24) is 0 Å². The molecule has 0 saturated carbocycles. The maximum Gasteiger partial charge on any atom is 0.508 e. The Hall–Kier alpha value is -0.730. The minimum atomic E-state index is -0.577. The van der Waals surface area contributed by atoms with Gasteiger partial charge in [0, 0.05) is 0 Å². The second kappa shape index (κ2) is 5.55. The van der Waals surface area contributed by atoms with E-state index in [0.717, 1.165) is 6.42 Å². The summed E-state index contributed by atoms with van der Waals surface area (Å²) in [5.74, 6) is 0.539. The summed E-state index contributed by atoms with van der Waals surface area (Å²) in [6, 6.07) is 0. The number of ether oxygens (including phenoxy) is 2. The van der Waals surface area contributed by atoms with Crippen LogP contribution in [0.2, 0.25) is 0 Å². The second-order valence-electron chi connectivity index (χ2n) is 5.86. The van der Waals surface area contributed by atoms with Crippen LogP contribution < -0.4 is 0 Å². The van der Waals surface area contributed by atoms with E-state index in [9.17, 15) is 4.79 Å². The molecule has 0 N–H and O–H groups in total.